The highest BCUT2D eigenvalue weighted by Gasteiger charge is 2.16. The number of carbonyl (C=O) groups is 2. The van der Waals surface area contributed by atoms with Gasteiger partial charge in [0.05, 0.1) is 12.1 Å². The second-order valence-electron chi connectivity index (χ2n) is 3.04. The third-order valence-electron chi connectivity index (χ3n) is 1.80. The van der Waals surface area contributed by atoms with Crippen molar-refractivity contribution in [3.05, 3.63) is 28.0 Å². The maximum absolute atomic E-state index is 11.5. The molecule has 0 radical (unpaired) electrons. The second-order valence-corrected chi connectivity index (χ2v) is 3.78. The van der Waals surface area contributed by atoms with Gasteiger partial charge in [0.15, 0.2) is 6.10 Å². The maximum atomic E-state index is 11.5. The summed E-state index contributed by atoms with van der Waals surface area (Å²) >= 11 is 11.2. The molecule has 0 bridgehead atoms. The van der Waals surface area contributed by atoms with Crippen LogP contribution in [0.4, 0.5) is 0 Å². The van der Waals surface area contributed by atoms with Gasteiger partial charge in [0, 0.05) is 0 Å². The van der Waals surface area contributed by atoms with E-state index in [0.29, 0.717) is 0 Å². The fraction of sp³-hybridized carbons (Fsp3) is 0.222. The number of aliphatic carboxylic acids is 1. The first-order chi connectivity index (χ1) is 7.91. The number of carboxylic acid groups (broad SMARTS) is 1. The van der Waals surface area contributed by atoms with Gasteiger partial charge in [0.2, 0.25) is 0 Å². The van der Waals surface area contributed by atoms with Gasteiger partial charge in [0.25, 0.3) is 5.91 Å². The van der Waals surface area contributed by atoms with E-state index in [4.69, 9.17) is 33.4 Å². The highest BCUT2D eigenvalue weighted by molar-refractivity contribution is 6.34. The fourth-order valence-corrected chi connectivity index (χ4v) is 1.38. The Morgan fingerprint density at radius 3 is 2.59 bits per heavy atom. The van der Waals surface area contributed by atoms with Gasteiger partial charge in [0.1, 0.15) is 10.3 Å². The molecule has 1 rings (SSSR count). The molecule has 6 nitrogen and oxygen atoms in total. The van der Waals surface area contributed by atoms with Crippen LogP contribution in [0.5, 0.6) is 0 Å². The summed E-state index contributed by atoms with van der Waals surface area (Å²) in [6, 6.07) is 2.72. The molecule has 0 fully saturated rings. The molecule has 0 spiro atoms. The van der Waals surface area contributed by atoms with Crippen LogP contribution in [0.15, 0.2) is 12.1 Å². The predicted octanol–water partition coefficient (Wildman–Crippen LogP) is 0.564. The number of aliphatic hydroxyl groups is 1. The third-order valence-corrected chi connectivity index (χ3v) is 2.30. The molecule has 1 unspecified atom stereocenters. The van der Waals surface area contributed by atoms with Crippen LogP contribution < -0.4 is 5.32 Å². The van der Waals surface area contributed by atoms with E-state index in [9.17, 15) is 9.59 Å². The molecule has 0 aliphatic rings. The van der Waals surface area contributed by atoms with Crippen molar-refractivity contribution < 1.29 is 19.8 Å². The van der Waals surface area contributed by atoms with Gasteiger partial charge in [-0.25, -0.2) is 9.78 Å². The zero-order valence-corrected chi connectivity index (χ0v) is 9.87. The van der Waals surface area contributed by atoms with E-state index in [1.54, 1.807) is 0 Å². The van der Waals surface area contributed by atoms with Crippen LogP contribution in [0, 0.1) is 0 Å². The van der Waals surface area contributed by atoms with Crippen molar-refractivity contribution in [3.63, 3.8) is 0 Å². The Bertz CT molecular complexity index is 453. The smallest absolute Gasteiger partial charge is 0.334 e. The molecule has 1 atom stereocenters. The van der Waals surface area contributed by atoms with Crippen LogP contribution in [0.2, 0.25) is 10.3 Å². The van der Waals surface area contributed by atoms with E-state index < -0.39 is 24.5 Å². The first kappa shape index (κ1) is 13.7. The molecule has 1 aromatic heterocycles. The number of pyridine rings is 1. The largest absolute Gasteiger partial charge is 0.479 e. The van der Waals surface area contributed by atoms with Gasteiger partial charge in [-0.15, -0.1) is 0 Å². The van der Waals surface area contributed by atoms with Gasteiger partial charge < -0.3 is 15.5 Å². The minimum Gasteiger partial charge on any atom is -0.479 e. The summed E-state index contributed by atoms with van der Waals surface area (Å²) in [6.07, 6.45) is -1.67. The quantitative estimate of drug-likeness (QED) is 0.699. The molecule has 0 aromatic carbocycles. The number of carboxylic acids is 1. The number of aliphatic hydroxyl groups excluding tert-OH is 1. The number of aromatic nitrogens is 1. The molecule has 0 saturated heterocycles. The third kappa shape index (κ3) is 3.85. The number of nitrogens with zero attached hydrogens (tertiary/aromatic N) is 1. The topological polar surface area (TPSA) is 99.5 Å². The first-order valence-corrected chi connectivity index (χ1v) is 5.18. The Hall–Kier alpha value is -1.37. The summed E-state index contributed by atoms with van der Waals surface area (Å²) in [5, 5.41) is 19.6. The minimum absolute atomic E-state index is 0.0497. The average molecular weight is 279 g/mol. The Morgan fingerprint density at radius 2 is 2.06 bits per heavy atom. The summed E-state index contributed by atoms with van der Waals surface area (Å²) in [7, 11) is 0. The lowest BCUT2D eigenvalue weighted by molar-refractivity contribution is -0.146. The number of carbonyl (C=O) groups excluding carboxylic acids is 1. The van der Waals surface area contributed by atoms with E-state index in [1.165, 1.54) is 12.1 Å². The van der Waals surface area contributed by atoms with Crippen LogP contribution >= 0.6 is 23.2 Å². The van der Waals surface area contributed by atoms with Crippen LogP contribution in [0.25, 0.3) is 0 Å². The Kier molecular flexibility index (Phi) is 4.68. The minimum atomic E-state index is -1.67. The number of hydrogen-bond donors (Lipinski definition) is 3. The summed E-state index contributed by atoms with van der Waals surface area (Å²) in [5.41, 5.74) is 0.0497. The molecule has 1 amide bonds. The van der Waals surface area contributed by atoms with Gasteiger partial charge in [-0.2, -0.15) is 0 Å². The van der Waals surface area contributed by atoms with Gasteiger partial charge in [-0.1, -0.05) is 23.2 Å². The summed E-state index contributed by atoms with van der Waals surface area (Å²) in [5.74, 6) is -2.06. The Balaban J connectivity index is 2.67. The molecule has 8 heteroatoms. The maximum Gasteiger partial charge on any atom is 0.334 e. The molecule has 92 valence electrons. The molecule has 1 heterocycles. The Morgan fingerprint density at radius 1 is 1.41 bits per heavy atom. The van der Waals surface area contributed by atoms with E-state index in [0.717, 1.165) is 0 Å². The molecule has 1 aromatic rings. The highest BCUT2D eigenvalue weighted by Crippen LogP contribution is 2.16. The van der Waals surface area contributed by atoms with Crippen molar-refractivity contribution in [3.8, 4) is 0 Å². The van der Waals surface area contributed by atoms with Gasteiger partial charge in [-0.05, 0) is 12.1 Å². The number of nitrogens with one attached hydrogen (secondary N) is 1. The van der Waals surface area contributed by atoms with E-state index >= 15 is 0 Å². The number of rotatable bonds is 4. The summed E-state index contributed by atoms with van der Waals surface area (Å²) < 4.78 is 0. The molecule has 0 aliphatic carbocycles. The van der Waals surface area contributed by atoms with Crippen LogP contribution in [-0.2, 0) is 4.79 Å². The second kappa shape index (κ2) is 5.81. The van der Waals surface area contributed by atoms with Crippen molar-refractivity contribution in [1.29, 1.82) is 0 Å². The highest BCUT2D eigenvalue weighted by atomic mass is 35.5. The number of hydrogen-bond acceptors (Lipinski definition) is 4. The van der Waals surface area contributed by atoms with E-state index in [1.807, 2.05) is 0 Å². The van der Waals surface area contributed by atoms with Crippen molar-refractivity contribution in [2.75, 3.05) is 6.54 Å². The standard InChI is InChI=1S/C9H8Cl2N2O4/c10-6-2-1-4(7(11)13-6)8(15)12-3-5(14)9(16)17/h1-2,5,14H,3H2,(H,12,15)(H,16,17). The zero-order valence-electron chi connectivity index (χ0n) is 8.35. The molecule has 17 heavy (non-hydrogen) atoms. The molecule has 0 aliphatic heterocycles. The molecule has 3 N–H and O–H groups in total. The van der Waals surface area contributed by atoms with Crippen LogP contribution in [-0.4, -0.2) is 39.7 Å². The monoisotopic (exact) mass is 278 g/mol. The van der Waals surface area contributed by atoms with Crippen molar-refractivity contribution in [1.82, 2.24) is 10.3 Å². The fourth-order valence-electron chi connectivity index (χ4n) is 0.953. The van der Waals surface area contributed by atoms with Crippen molar-refractivity contribution in [2.45, 2.75) is 6.10 Å². The lowest BCUT2D eigenvalue weighted by Gasteiger charge is -2.08. The zero-order chi connectivity index (χ0) is 13.0. The summed E-state index contributed by atoms with van der Waals surface area (Å²) in [4.78, 5) is 25.5. The first-order valence-electron chi connectivity index (χ1n) is 4.43. The van der Waals surface area contributed by atoms with E-state index in [-0.39, 0.29) is 15.9 Å². The van der Waals surface area contributed by atoms with Crippen molar-refractivity contribution in [2.24, 2.45) is 0 Å². The normalized spacial score (nSPS) is 11.9. The molecule has 0 saturated carbocycles. The van der Waals surface area contributed by atoms with Crippen molar-refractivity contribution >= 4 is 35.1 Å². The number of halogens is 2. The van der Waals surface area contributed by atoms with E-state index in [2.05, 4.69) is 10.3 Å². The summed E-state index contributed by atoms with van der Waals surface area (Å²) in [6.45, 7) is -0.423. The Labute approximate surface area is 106 Å². The SMILES string of the molecule is O=C(NCC(O)C(=O)O)c1ccc(Cl)nc1Cl. The van der Waals surface area contributed by atoms with Gasteiger partial charge >= 0.3 is 5.97 Å². The van der Waals surface area contributed by atoms with Gasteiger partial charge in [-0.3, -0.25) is 4.79 Å². The van der Waals surface area contributed by atoms with Crippen LogP contribution in [0.3, 0.4) is 0 Å². The lowest BCUT2D eigenvalue weighted by Crippen LogP contribution is -2.36. The predicted molar refractivity (Wildman–Crippen MR) is 60.2 cm³/mol. The molecular formula is C9H8Cl2N2O4. The lowest BCUT2D eigenvalue weighted by atomic mass is 10.2. The average Bonchev–Trinajstić information content (AvgIpc) is 2.25. The van der Waals surface area contributed by atoms with Crippen LogP contribution in [0.1, 0.15) is 10.4 Å². The molecular weight excluding hydrogens is 271 g/mol. The number of amides is 1.